The predicted molar refractivity (Wildman–Crippen MR) is 61.1 cm³/mol. The maximum absolute atomic E-state index is 9.62. The summed E-state index contributed by atoms with van der Waals surface area (Å²) in [5, 5.41) is 0. The molecule has 0 bridgehead atoms. The van der Waals surface area contributed by atoms with Crippen LogP contribution in [0.25, 0.3) is 0 Å². The SMILES string of the molecule is C=Nc1ccccc1.CC.CF.FCF. The molecule has 0 radical (unpaired) electrons. The molecule has 1 aromatic rings. The van der Waals surface area contributed by atoms with Crippen LogP contribution in [-0.2, 0) is 0 Å². The van der Waals surface area contributed by atoms with Gasteiger partial charge in [0.05, 0.1) is 12.9 Å². The second kappa shape index (κ2) is 23.0. The minimum absolute atomic E-state index is 0.500. The van der Waals surface area contributed by atoms with Gasteiger partial charge in [-0.25, -0.2) is 8.78 Å². The van der Waals surface area contributed by atoms with E-state index in [9.17, 15) is 13.2 Å². The van der Waals surface area contributed by atoms with Gasteiger partial charge in [-0.3, -0.25) is 9.38 Å². The zero-order valence-corrected chi connectivity index (χ0v) is 9.38. The van der Waals surface area contributed by atoms with E-state index in [1.807, 2.05) is 44.2 Å². The molecule has 0 heterocycles. The normalized spacial score (nSPS) is 6.53. The van der Waals surface area contributed by atoms with Crippen LogP contribution in [0.15, 0.2) is 35.3 Å². The molecule has 1 nitrogen and oxygen atoms in total. The summed E-state index contributed by atoms with van der Waals surface area (Å²) in [5.74, 6) is 0. The highest BCUT2D eigenvalue weighted by atomic mass is 19.3. The van der Waals surface area contributed by atoms with Crippen molar-refractivity contribution in [3.8, 4) is 0 Å². The molecule has 0 aliphatic rings. The molecule has 0 aliphatic heterocycles. The Morgan fingerprint density at radius 2 is 1.40 bits per heavy atom. The Hall–Kier alpha value is -1.32. The Kier molecular flexibility index (Phi) is 29.5. The molecule has 0 aromatic heterocycles. The lowest BCUT2D eigenvalue weighted by Crippen LogP contribution is -1.57. The zero-order valence-electron chi connectivity index (χ0n) is 9.38. The summed E-state index contributed by atoms with van der Waals surface area (Å²) in [5.41, 5.74) is 0.924. The number of benzene rings is 1. The second-order valence-electron chi connectivity index (χ2n) is 1.59. The Morgan fingerprint density at radius 1 is 1.07 bits per heavy atom. The molecule has 0 fully saturated rings. The fourth-order valence-electron chi connectivity index (χ4n) is 0.533. The minimum atomic E-state index is -1.75. The number of hydrogen-bond donors (Lipinski definition) is 0. The van der Waals surface area contributed by atoms with Crippen LogP contribution in [-0.4, -0.2) is 20.8 Å². The van der Waals surface area contributed by atoms with E-state index in [0.717, 1.165) is 5.69 Å². The number of aliphatic imine (C=N–C) groups is 1. The number of rotatable bonds is 1. The maximum Gasteiger partial charge on any atom is 0.229 e. The Bertz CT molecular complexity index is 190. The van der Waals surface area contributed by atoms with Crippen LogP contribution < -0.4 is 0 Å². The monoisotopic (exact) mass is 221 g/mol. The Morgan fingerprint density at radius 3 is 1.60 bits per heavy atom. The van der Waals surface area contributed by atoms with Gasteiger partial charge in [0, 0.05) is 0 Å². The third-order valence-corrected chi connectivity index (χ3v) is 0.939. The lowest BCUT2D eigenvalue weighted by Gasteiger charge is -1.84. The van der Waals surface area contributed by atoms with E-state index in [1.54, 1.807) is 0 Å². The van der Waals surface area contributed by atoms with Gasteiger partial charge in [-0.15, -0.1) is 0 Å². The van der Waals surface area contributed by atoms with Crippen molar-refractivity contribution in [2.75, 3.05) is 14.1 Å². The molecule has 1 aromatic carbocycles. The van der Waals surface area contributed by atoms with E-state index in [4.69, 9.17) is 0 Å². The summed E-state index contributed by atoms with van der Waals surface area (Å²) < 4.78 is 28.8. The van der Waals surface area contributed by atoms with Gasteiger partial charge in [-0.05, 0) is 18.9 Å². The van der Waals surface area contributed by atoms with E-state index < -0.39 is 6.93 Å². The topological polar surface area (TPSA) is 12.4 Å². The third-order valence-electron chi connectivity index (χ3n) is 0.939. The van der Waals surface area contributed by atoms with Gasteiger partial charge in [-0.1, -0.05) is 32.0 Å². The molecular formula is C11H18F3N. The predicted octanol–water partition coefficient (Wildman–Crippen LogP) is 4.51. The largest absolute Gasteiger partial charge is 0.265 e. The number of nitrogens with zero attached hydrogens (tertiary/aromatic N) is 1. The molecule has 4 heteroatoms. The van der Waals surface area contributed by atoms with Crippen LogP contribution in [0, 0.1) is 0 Å². The molecule has 0 atom stereocenters. The standard InChI is InChI=1S/C7H7N.C2H6.CH2F2.CH3F/c1-8-7-5-3-2-4-6-7;1-2;2-1-3;1-2/h2-6H,1H2;1-2H3;1H2;1H3. The van der Waals surface area contributed by atoms with Gasteiger partial charge in [0.25, 0.3) is 0 Å². The second-order valence-corrected chi connectivity index (χ2v) is 1.59. The van der Waals surface area contributed by atoms with Crippen LogP contribution in [0.2, 0.25) is 0 Å². The summed E-state index contributed by atoms with van der Waals surface area (Å²) in [6.07, 6.45) is 0. The minimum Gasteiger partial charge on any atom is -0.265 e. The maximum atomic E-state index is 9.62. The number of para-hydroxylation sites is 1. The summed E-state index contributed by atoms with van der Waals surface area (Å²) in [6.45, 7) is 5.63. The fourth-order valence-corrected chi connectivity index (χ4v) is 0.533. The van der Waals surface area contributed by atoms with Crippen molar-refractivity contribution in [2.24, 2.45) is 4.99 Å². The third kappa shape index (κ3) is 19.2. The van der Waals surface area contributed by atoms with Crippen molar-refractivity contribution >= 4 is 12.4 Å². The van der Waals surface area contributed by atoms with Crippen molar-refractivity contribution in [1.82, 2.24) is 0 Å². The van der Waals surface area contributed by atoms with Gasteiger partial charge >= 0.3 is 0 Å². The molecule has 0 saturated carbocycles. The van der Waals surface area contributed by atoms with Crippen molar-refractivity contribution in [3.05, 3.63) is 30.3 Å². The van der Waals surface area contributed by atoms with Crippen LogP contribution in [0.5, 0.6) is 0 Å². The Balaban J connectivity index is -0.000000176. The van der Waals surface area contributed by atoms with Crippen molar-refractivity contribution < 1.29 is 13.2 Å². The van der Waals surface area contributed by atoms with Crippen molar-refractivity contribution in [2.45, 2.75) is 13.8 Å². The summed E-state index contributed by atoms with van der Waals surface area (Å²) in [6, 6.07) is 9.64. The number of alkyl halides is 3. The fraction of sp³-hybridized carbons (Fsp3) is 0.364. The van der Waals surface area contributed by atoms with Crippen molar-refractivity contribution in [3.63, 3.8) is 0 Å². The highest BCUT2D eigenvalue weighted by molar-refractivity contribution is 5.44. The van der Waals surface area contributed by atoms with Crippen LogP contribution >= 0.6 is 0 Å². The van der Waals surface area contributed by atoms with Crippen LogP contribution in [0.1, 0.15) is 13.8 Å². The van der Waals surface area contributed by atoms with E-state index >= 15 is 0 Å². The summed E-state index contributed by atoms with van der Waals surface area (Å²) in [7, 11) is 0.500. The average molecular weight is 221 g/mol. The van der Waals surface area contributed by atoms with E-state index in [1.165, 1.54) is 0 Å². The first-order valence-electron chi connectivity index (χ1n) is 4.36. The van der Waals surface area contributed by atoms with Gasteiger partial charge in [-0.2, -0.15) is 0 Å². The molecule has 0 amide bonds. The van der Waals surface area contributed by atoms with Gasteiger partial charge in [0.15, 0.2) is 0 Å². The van der Waals surface area contributed by atoms with Crippen LogP contribution in [0.4, 0.5) is 18.9 Å². The summed E-state index contributed by atoms with van der Waals surface area (Å²) >= 11 is 0. The average Bonchev–Trinajstić information content (AvgIpc) is 2.36. The lowest BCUT2D eigenvalue weighted by molar-refractivity contribution is 0.295. The first kappa shape index (κ1) is 19.3. The van der Waals surface area contributed by atoms with Crippen LogP contribution in [0.3, 0.4) is 0 Å². The molecule has 88 valence electrons. The molecule has 0 saturated heterocycles. The quantitative estimate of drug-likeness (QED) is 0.618. The van der Waals surface area contributed by atoms with Gasteiger partial charge in [0.2, 0.25) is 6.93 Å². The molecule has 0 aliphatic carbocycles. The van der Waals surface area contributed by atoms with Crippen molar-refractivity contribution in [1.29, 1.82) is 0 Å². The lowest BCUT2D eigenvalue weighted by atomic mass is 10.3. The van der Waals surface area contributed by atoms with E-state index in [-0.39, 0.29) is 0 Å². The first-order valence-corrected chi connectivity index (χ1v) is 4.36. The molecule has 15 heavy (non-hydrogen) atoms. The highest BCUT2D eigenvalue weighted by Crippen LogP contribution is 2.06. The number of hydrogen-bond acceptors (Lipinski definition) is 1. The molecule has 0 spiro atoms. The molecule has 0 unspecified atom stereocenters. The molecule has 1 rings (SSSR count). The zero-order chi connectivity index (χ0) is 12.5. The Labute approximate surface area is 89.7 Å². The molecular weight excluding hydrogens is 203 g/mol. The van der Waals surface area contributed by atoms with Gasteiger partial charge in [0.1, 0.15) is 0 Å². The van der Waals surface area contributed by atoms with Gasteiger partial charge < -0.3 is 0 Å². The smallest absolute Gasteiger partial charge is 0.229 e. The summed E-state index contributed by atoms with van der Waals surface area (Å²) in [4.78, 5) is 3.72. The van der Waals surface area contributed by atoms with E-state index in [2.05, 4.69) is 11.7 Å². The first-order chi connectivity index (χ1) is 7.35. The number of halogens is 3. The van der Waals surface area contributed by atoms with E-state index in [0.29, 0.717) is 7.18 Å². The molecule has 0 N–H and O–H groups in total. The highest BCUT2D eigenvalue weighted by Gasteiger charge is 1.76.